The summed E-state index contributed by atoms with van der Waals surface area (Å²) in [5.74, 6) is -10.6. The van der Waals surface area contributed by atoms with Crippen molar-refractivity contribution in [1.29, 1.82) is 0 Å². The minimum absolute atomic E-state index is 0.546. The van der Waals surface area contributed by atoms with Gasteiger partial charge in [0.1, 0.15) is 12.2 Å². The number of allylic oxidation sites excluding steroid dienone is 2. The Morgan fingerprint density at radius 3 is 1.45 bits per heavy atom. The van der Waals surface area contributed by atoms with Crippen molar-refractivity contribution >= 4 is 69.9 Å². The molecule has 0 unspecified atom stereocenters. The van der Waals surface area contributed by atoms with Gasteiger partial charge in [0.15, 0.2) is 11.5 Å². The molecule has 1 aliphatic heterocycles. The highest BCUT2D eigenvalue weighted by Gasteiger charge is 2.75. The molecule has 0 aromatic heterocycles. The lowest BCUT2D eigenvalue weighted by Gasteiger charge is -2.43. The number of aliphatic hydroxyl groups is 2. The number of ketones is 2. The fraction of sp³-hybridized carbons (Fsp3) is 0.500. The van der Waals surface area contributed by atoms with Crippen LogP contribution in [0.4, 0.5) is 0 Å². The minimum atomic E-state index is -2.67. The second-order valence-corrected chi connectivity index (χ2v) is 8.49. The van der Waals surface area contributed by atoms with Gasteiger partial charge in [0, 0.05) is 11.8 Å². The van der Waals surface area contributed by atoms with Gasteiger partial charge in [-0.3, -0.25) is 9.59 Å². The maximum absolute atomic E-state index is 12.7. The summed E-state index contributed by atoms with van der Waals surface area (Å²) in [5, 5.41) is 19.1. The molecule has 0 radical (unpaired) electrons. The molecular formula is C16H12Cl4O9. The number of alkyl halides is 2. The summed E-state index contributed by atoms with van der Waals surface area (Å²) in [5.41, 5.74) is 0. The molecule has 0 spiro atoms. The lowest BCUT2D eigenvalue weighted by molar-refractivity contribution is -0.156. The van der Waals surface area contributed by atoms with E-state index in [1.165, 1.54) is 0 Å². The van der Waals surface area contributed by atoms with E-state index in [0.717, 1.165) is 14.2 Å². The third-order valence-corrected chi connectivity index (χ3v) is 7.20. The Morgan fingerprint density at radius 1 is 0.862 bits per heavy atom. The first kappa shape index (κ1) is 22.2. The Kier molecular flexibility index (Phi) is 5.37. The molecule has 1 saturated heterocycles. The Morgan fingerprint density at radius 2 is 1.17 bits per heavy atom. The highest BCUT2D eigenvalue weighted by molar-refractivity contribution is 6.52. The van der Waals surface area contributed by atoms with Crippen molar-refractivity contribution in [2.45, 2.75) is 22.0 Å². The number of Topliss-reactive ketones (excluding diaryl/α,β-unsaturated/α-hetero) is 2. The van der Waals surface area contributed by atoms with Crippen LogP contribution in [0.1, 0.15) is 0 Å². The van der Waals surface area contributed by atoms with E-state index in [0.29, 0.717) is 0 Å². The van der Waals surface area contributed by atoms with Gasteiger partial charge >= 0.3 is 11.9 Å². The zero-order chi connectivity index (χ0) is 22.0. The van der Waals surface area contributed by atoms with Crippen molar-refractivity contribution in [3.05, 3.63) is 21.6 Å². The topological polar surface area (TPSA) is 136 Å². The molecule has 158 valence electrons. The van der Waals surface area contributed by atoms with Crippen LogP contribution in [0.2, 0.25) is 0 Å². The van der Waals surface area contributed by atoms with Gasteiger partial charge in [-0.1, -0.05) is 46.4 Å². The Hall–Kier alpha value is -1.52. The lowest BCUT2D eigenvalue weighted by atomic mass is 9.64. The average Bonchev–Trinajstić information content (AvgIpc) is 3.13. The van der Waals surface area contributed by atoms with E-state index in [9.17, 15) is 29.4 Å². The van der Waals surface area contributed by atoms with E-state index in [-0.39, 0.29) is 0 Å². The normalized spacial score (nSPS) is 39.2. The molecule has 1 fully saturated rings. The van der Waals surface area contributed by atoms with Gasteiger partial charge in [0.05, 0.1) is 24.3 Å². The Balaban J connectivity index is 2.35. The minimum Gasteiger partial charge on any atom is -0.503 e. The third-order valence-electron chi connectivity index (χ3n) is 5.26. The monoisotopic (exact) mass is 488 g/mol. The molecule has 3 aliphatic rings. The van der Waals surface area contributed by atoms with Crippen molar-refractivity contribution in [3.8, 4) is 0 Å². The van der Waals surface area contributed by atoms with E-state index in [4.69, 9.17) is 51.1 Å². The lowest BCUT2D eigenvalue weighted by Crippen LogP contribution is -2.64. The number of rotatable bonds is 2. The number of methoxy groups -OCH3 is 2. The van der Waals surface area contributed by atoms with Crippen molar-refractivity contribution in [3.63, 3.8) is 0 Å². The summed E-state index contributed by atoms with van der Waals surface area (Å²) in [6.07, 6.45) is -2.98. The van der Waals surface area contributed by atoms with Gasteiger partial charge in [-0.05, 0) is 0 Å². The molecule has 0 aromatic carbocycles. The molecule has 1 heterocycles. The van der Waals surface area contributed by atoms with E-state index < -0.39 is 78.9 Å². The van der Waals surface area contributed by atoms with Gasteiger partial charge in [-0.25, -0.2) is 9.59 Å². The van der Waals surface area contributed by atoms with Crippen molar-refractivity contribution < 1.29 is 43.6 Å². The van der Waals surface area contributed by atoms with Crippen LogP contribution in [0.3, 0.4) is 0 Å². The maximum Gasteiger partial charge on any atom is 0.335 e. The third kappa shape index (κ3) is 2.58. The first-order chi connectivity index (χ1) is 13.4. The van der Waals surface area contributed by atoms with E-state index in [1.807, 2.05) is 0 Å². The molecule has 29 heavy (non-hydrogen) atoms. The van der Waals surface area contributed by atoms with Crippen LogP contribution < -0.4 is 0 Å². The van der Waals surface area contributed by atoms with Gasteiger partial charge in [-0.2, -0.15) is 0 Å². The predicted octanol–water partition coefficient (Wildman–Crippen LogP) is 1.47. The van der Waals surface area contributed by atoms with Crippen molar-refractivity contribution in [2.75, 3.05) is 14.2 Å². The smallest absolute Gasteiger partial charge is 0.335 e. The van der Waals surface area contributed by atoms with E-state index >= 15 is 0 Å². The largest absolute Gasteiger partial charge is 0.503 e. The summed E-state index contributed by atoms with van der Waals surface area (Å²) in [6, 6.07) is 0. The number of esters is 2. The molecule has 9 nitrogen and oxygen atoms in total. The van der Waals surface area contributed by atoms with Crippen LogP contribution in [-0.2, 0) is 33.4 Å². The second kappa shape index (κ2) is 7.02. The number of hydrogen-bond acceptors (Lipinski definition) is 9. The predicted molar refractivity (Wildman–Crippen MR) is 97.9 cm³/mol. The molecule has 13 heteroatoms. The van der Waals surface area contributed by atoms with E-state index in [2.05, 4.69) is 9.47 Å². The molecule has 6 atom stereocenters. The SMILES string of the molecule is COC(=O)[C@]1(Cl)C(=O)C(O)=C(Cl)[C@H]2O[C@@H]3C(Cl)=C(O)C(=O)[C@@](Cl)(C(=O)OC)[C@@H]3[C@H]21. The summed E-state index contributed by atoms with van der Waals surface area (Å²) in [7, 11) is 1.86. The summed E-state index contributed by atoms with van der Waals surface area (Å²) >= 11 is 24.8. The molecular weight excluding hydrogens is 478 g/mol. The Labute approximate surface area is 183 Å². The van der Waals surface area contributed by atoms with Crippen molar-refractivity contribution in [2.24, 2.45) is 11.8 Å². The number of carbonyl (C=O) groups excluding carboxylic acids is 4. The molecule has 2 aliphatic carbocycles. The molecule has 2 N–H and O–H groups in total. The van der Waals surface area contributed by atoms with Crippen LogP contribution in [0, 0.1) is 11.8 Å². The Bertz CT molecular complexity index is 840. The zero-order valence-corrected chi connectivity index (χ0v) is 17.6. The van der Waals surface area contributed by atoms with Gasteiger partial charge in [0.25, 0.3) is 0 Å². The number of carbonyl (C=O) groups is 4. The van der Waals surface area contributed by atoms with Gasteiger partial charge in [0.2, 0.25) is 21.3 Å². The highest BCUT2D eigenvalue weighted by Crippen LogP contribution is 2.59. The first-order valence-corrected chi connectivity index (χ1v) is 9.38. The molecule has 3 rings (SSSR count). The van der Waals surface area contributed by atoms with Crippen molar-refractivity contribution in [1.82, 2.24) is 0 Å². The fourth-order valence-electron chi connectivity index (χ4n) is 3.94. The van der Waals surface area contributed by atoms with Crippen LogP contribution in [0.15, 0.2) is 21.6 Å². The fourth-order valence-corrected chi connectivity index (χ4v) is 5.32. The van der Waals surface area contributed by atoms with Crippen LogP contribution >= 0.6 is 46.4 Å². The summed E-state index contributed by atoms with van der Waals surface area (Å²) < 4.78 is 14.8. The zero-order valence-electron chi connectivity index (χ0n) is 14.6. The average molecular weight is 490 g/mol. The highest BCUT2D eigenvalue weighted by atomic mass is 35.5. The number of ether oxygens (including phenoxy) is 3. The van der Waals surface area contributed by atoms with Crippen LogP contribution in [0.5, 0.6) is 0 Å². The van der Waals surface area contributed by atoms with E-state index in [1.54, 1.807) is 0 Å². The molecule has 0 bridgehead atoms. The van der Waals surface area contributed by atoms with Gasteiger partial charge in [-0.15, -0.1) is 0 Å². The number of hydrogen-bond donors (Lipinski definition) is 2. The number of aliphatic hydroxyl groups excluding tert-OH is 2. The maximum atomic E-state index is 12.7. The number of halogens is 4. The van der Waals surface area contributed by atoms with Crippen LogP contribution in [-0.4, -0.2) is 69.9 Å². The summed E-state index contributed by atoms with van der Waals surface area (Å²) in [6.45, 7) is 0. The number of fused-ring (bicyclic) bond motifs is 3. The van der Waals surface area contributed by atoms with Crippen LogP contribution in [0.25, 0.3) is 0 Å². The molecule has 0 saturated carbocycles. The summed E-state index contributed by atoms with van der Waals surface area (Å²) in [4.78, 5) is 45.1. The second-order valence-electron chi connectivity index (χ2n) is 6.49. The standard InChI is InChI=1S/C16H12Cl4O9/c1-27-13(25)15(19)3-4-10(29-9(3)5(17)7(21)11(15)23)6(18)8(22)12(24)16(4,20)14(26)28-2/h3-4,9-10,21-22H,1-2H3/t3-,4-,9+,10+,15-,16-/m1/s1. The molecule has 0 amide bonds. The quantitative estimate of drug-likeness (QED) is 0.335. The molecule has 0 aromatic rings. The van der Waals surface area contributed by atoms with Gasteiger partial charge < -0.3 is 24.4 Å². The first-order valence-electron chi connectivity index (χ1n) is 7.87.